The average Bonchev–Trinajstić information content (AvgIpc) is 2.63. The van der Waals surface area contributed by atoms with Gasteiger partial charge in [-0.3, -0.25) is 9.59 Å². The zero-order valence-electron chi connectivity index (χ0n) is 13.8. The lowest BCUT2D eigenvalue weighted by atomic mass is 10.0. The molecule has 0 heterocycles. The van der Waals surface area contributed by atoms with Crippen LogP contribution in [0, 0.1) is 0 Å². The number of benzene rings is 2. The van der Waals surface area contributed by atoms with E-state index >= 15 is 0 Å². The SMILES string of the molecule is COC(=O)c1cccc(C(=O)N[C@H](Cc2cc(Cl)ccc2Br)C(N)=O)c1. The standard InChI is InChI=1S/C18H16BrClN2O4/c1-26-18(25)11-4-2-3-10(7-11)17(24)22-15(16(21)23)9-12-8-13(20)5-6-14(12)19/h2-8,15H,9H2,1H3,(H2,21,23)(H,22,24)/t15-/m1/s1. The predicted molar refractivity (Wildman–Crippen MR) is 101 cm³/mol. The molecule has 1 atom stereocenters. The van der Waals surface area contributed by atoms with Crippen LogP contribution in [-0.4, -0.2) is 30.9 Å². The molecular weight excluding hydrogens is 424 g/mol. The third-order valence-electron chi connectivity index (χ3n) is 3.63. The van der Waals surface area contributed by atoms with Gasteiger partial charge in [-0.05, 0) is 42.0 Å². The van der Waals surface area contributed by atoms with Gasteiger partial charge in [-0.25, -0.2) is 4.79 Å². The van der Waals surface area contributed by atoms with Crippen LogP contribution in [0.5, 0.6) is 0 Å². The van der Waals surface area contributed by atoms with Crippen molar-refractivity contribution in [1.29, 1.82) is 0 Å². The number of primary amides is 1. The largest absolute Gasteiger partial charge is 0.465 e. The van der Waals surface area contributed by atoms with Crippen LogP contribution in [0.4, 0.5) is 0 Å². The van der Waals surface area contributed by atoms with Gasteiger partial charge in [0.2, 0.25) is 5.91 Å². The third kappa shape index (κ3) is 5.06. The first kappa shape index (κ1) is 19.9. The highest BCUT2D eigenvalue weighted by atomic mass is 79.9. The van der Waals surface area contributed by atoms with Crippen LogP contribution in [-0.2, 0) is 16.0 Å². The first-order chi connectivity index (χ1) is 12.3. The van der Waals surface area contributed by atoms with E-state index in [1.54, 1.807) is 24.3 Å². The molecule has 0 aliphatic carbocycles. The van der Waals surface area contributed by atoms with Gasteiger partial charge in [0, 0.05) is 21.5 Å². The molecule has 0 saturated heterocycles. The summed E-state index contributed by atoms with van der Waals surface area (Å²) in [5.41, 5.74) is 6.59. The van der Waals surface area contributed by atoms with Crippen LogP contribution in [0.15, 0.2) is 46.9 Å². The number of amides is 2. The number of nitrogens with one attached hydrogen (secondary N) is 1. The van der Waals surface area contributed by atoms with E-state index in [-0.39, 0.29) is 17.5 Å². The van der Waals surface area contributed by atoms with Crippen molar-refractivity contribution >= 4 is 45.3 Å². The summed E-state index contributed by atoms with van der Waals surface area (Å²) >= 11 is 9.35. The van der Waals surface area contributed by atoms with Gasteiger partial charge in [0.1, 0.15) is 6.04 Å². The topological polar surface area (TPSA) is 98.5 Å². The normalized spacial score (nSPS) is 11.5. The van der Waals surface area contributed by atoms with Gasteiger partial charge in [-0.2, -0.15) is 0 Å². The number of nitrogens with two attached hydrogens (primary N) is 1. The second-order valence-corrected chi connectivity index (χ2v) is 6.73. The molecule has 0 bridgehead atoms. The molecule has 26 heavy (non-hydrogen) atoms. The quantitative estimate of drug-likeness (QED) is 0.676. The molecule has 0 saturated carbocycles. The van der Waals surface area contributed by atoms with E-state index in [0.717, 1.165) is 10.0 Å². The Hall–Kier alpha value is -2.38. The molecule has 0 spiro atoms. The first-order valence-corrected chi connectivity index (χ1v) is 8.71. The van der Waals surface area contributed by atoms with E-state index in [1.165, 1.54) is 25.3 Å². The van der Waals surface area contributed by atoms with Crippen molar-refractivity contribution in [3.8, 4) is 0 Å². The van der Waals surface area contributed by atoms with E-state index in [0.29, 0.717) is 5.02 Å². The van der Waals surface area contributed by atoms with Gasteiger partial charge in [0.05, 0.1) is 12.7 Å². The van der Waals surface area contributed by atoms with E-state index in [4.69, 9.17) is 17.3 Å². The zero-order valence-corrected chi connectivity index (χ0v) is 16.1. The maximum Gasteiger partial charge on any atom is 0.337 e. The highest BCUT2D eigenvalue weighted by Crippen LogP contribution is 2.22. The fourth-order valence-electron chi connectivity index (χ4n) is 2.29. The highest BCUT2D eigenvalue weighted by Gasteiger charge is 2.21. The minimum Gasteiger partial charge on any atom is -0.465 e. The number of rotatable bonds is 6. The molecule has 6 nitrogen and oxygen atoms in total. The van der Waals surface area contributed by atoms with Crippen LogP contribution in [0.25, 0.3) is 0 Å². The minimum atomic E-state index is -0.945. The van der Waals surface area contributed by atoms with Crippen molar-refractivity contribution in [2.45, 2.75) is 12.5 Å². The Morgan fingerprint density at radius 2 is 1.88 bits per heavy atom. The second kappa shape index (κ2) is 8.82. The maximum atomic E-state index is 12.5. The van der Waals surface area contributed by atoms with Gasteiger partial charge in [0.25, 0.3) is 5.91 Å². The summed E-state index contributed by atoms with van der Waals surface area (Å²) < 4.78 is 5.38. The molecule has 0 aliphatic rings. The first-order valence-electron chi connectivity index (χ1n) is 7.54. The average molecular weight is 440 g/mol. The fourth-order valence-corrected chi connectivity index (χ4v) is 2.89. The van der Waals surface area contributed by atoms with E-state index in [2.05, 4.69) is 26.0 Å². The number of esters is 1. The molecule has 2 amide bonds. The highest BCUT2D eigenvalue weighted by molar-refractivity contribution is 9.10. The summed E-state index contributed by atoms with van der Waals surface area (Å²) in [5, 5.41) is 3.09. The van der Waals surface area contributed by atoms with Gasteiger partial charge >= 0.3 is 5.97 Å². The summed E-state index contributed by atoms with van der Waals surface area (Å²) in [5.74, 6) is -1.78. The number of carbonyl (C=O) groups is 3. The van der Waals surface area contributed by atoms with Crippen molar-refractivity contribution < 1.29 is 19.1 Å². The summed E-state index contributed by atoms with van der Waals surface area (Å²) in [6, 6.07) is 10.2. The summed E-state index contributed by atoms with van der Waals surface area (Å²) in [6.45, 7) is 0. The van der Waals surface area contributed by atoms with Crippen molar-refractivity contribution in [2.75, 3.05) is 7.11 Å². The molecule has 0 fully saturated rings. The number of methoxy groups -OCH3 is 1. The number of ether oxygens (including phenoxy) is 1. The Bertz CT molecular complexity index is 857. The summed E-state index contributed by atoms with van der Waals surface area (Å²) in [4.78, 5) is 35.8. The summed E-state index contributed by atoms with van der Waals surface area (Å²) in [7, 11) is 1.25. The lowest BCUT2D eigenvalue weighted by molar-refractivity contribution is -0.119. The number of hydrogen-bond acceptors (Lipinski definition) is 4. The molecule has 2 aromatic carbocycles. The third-order valence-corrected chi connectivity index (χ3v) is 4.64. The van der Waals surface area contributed by atoms with Crippen LogP contribution >= 0.6 is 27.5 Å². The van der Waals surface area contributed by atoms with E-state index in [9.17, 15) is 14.4 Å². The van der Waals surface area contributed by atoms with Crippen molar-refractivity contribution in [3.05, 3.63) is 68.7 Å². The molecule has 0 radical (unpaired) electrons. The number of hydrogen-bond donors (Lipinski definition) is 2. The second-order valence-electron chi connectivity index (χ2n) is 5.44. The fraction of sp³-hybridized carbons (Fsp3) is 0.167. The predicted octanol–water partition coefficient (Wildman–Crippen LogP) is 2.72. The zero-order chi connectivity index (χ0) is 19.3. The van der Waals surface area contributed by atoms with Crippen molar-refractivity contribution in [3.63, 3.8) is 0 Å². The van der Waals surface area contributed by atoms with E-state index in [1.807, 2.05) is 0 Å². The Morgan fingerprint density at radius 3 is 2.54 bits per heavy atom. The van der Waals surface area contributed by atoms with Crippen LogP contribution < -0.4 is 11.1 Å². The molecule has 0 unspecified atom stereocenters. The Balaban J connectivity index is 2.19. The molecule has 0 aromatic heterocycles. The lowest BCUT2D eigenvalue weighted by Crippen LogP contribution is -2.46. The molecule has 0 aliphatic heterocycles. The van der Waals surface area contributed by atoms with Gasteiger partial charge in [-0.1, -0.05) is 33.6 Å². The molecule has 136 valence electrons. The van der Waals surface area contributed by atoms with Gasteiger partial charge < -0.3 is 15.8 Å². The molecular formula is C18H16BrClN2O4. The van der Waals surface area contributed by atoms with E-state index < -0.39 is 23.8 Å². The Labute approximate surface area is 163 Å². The lowest BCUT2D eigenvalue weighted by Gasteiger charge is -2.17. The molecule has 2 rings (SSSR count). The van der Waals surface area contributed by atoms with Crippen molar-refractivity contribution in [1.82, 2.24) is 5.32 Å². The monoisotopic (exact) mass is 438 g/mol. The molecule has 8 heteroatoms. The number of carbonyl (C=O) groups excluding carboxylic acids is 3. The van der Waals surface area contributed by atoms with Gasteiger partial charge in [-0.15, -0.1) is 0 Å². The van der Waals surface area contributed by atoms with Crippen LogP contribution in [0.2, 0.25) is 5.02 Å². The Morgan fingerprint density at radius 1 is 1.19 bits per heavy atom. The van der Waals surface area contributed by atoms with Crippen molar-refractivity contribution in [2.24, 2.45) is 5.73 Å². The molecule has 2 aromatic rings. The molecule has 3 N–H and O–H groups in total. The minimum absolute atomic E-state index is 0.166. The van der Waals surface area contributed by atoms with Crippen LogP contribution in [0.3, 0.4) is 0 Å². The van der Waals surface area contributed by atoms with Gasteiger partial charge in [0.15, 0.2) is 0 Å². The smallest absolute Gasteiger partial charge is 0.337 e. The van der Waals surface area contributed by atoms with Crippen LogP contribution in [0.1, 0.15) is 26.3 Å². The number of halogens is 2. The summed E-state index contributed by atoms with van der Waals surface area (Å²) in [6.07, 6.45) is 0.166. The maximum absolute atomic E-state index is 12.5. The Kier molecular flexibility index (Phi) is 6.76.